The fraction of sp³-hybridized carbons (Fsp3) is 0.833. The Hall–Kier alpha value is -1.50. The third-order valence-corrected chi connectivity index (χ3v) is 4.61. The van der Waals surface area contributed by atoms with Gasteiger partial charge in [0.15, 0.2) is 0 Å². The molecule has 0 aromatic carbocycles. The molecule has 162 valence electrons. The SMILES string of the molecule is CCCC#CCC(CC)OC(=O)CCCCCCCCC(=O)OCCCCC. The summed E-state index contributed by atoms with van der Waals surface area (Å²) in [6, 6.07) is 0. The van der Waals surface area contributed by atoms with Crippen LogP contribution in [-0.4, -0.2) is 24.6 Å². The zero-order chi connectivity index (χ0) is 20.9. The van der Waals surface area contributed by atoms with Gasteiger partial charge < -0.3 is 9.47 Å². The lowest BCUT2D eigenvalue weighted by Gasteiger charge is -2.13. The van der Waals surface area contributed by atoms with Crippen LogP contribution in [0, 0.1) is 11.8 Å². The fourth-order valence-corrected chi connectivity index (χ4v) is 2.77. The molecule has 0 aliphatic carbocycles. The average Bonchev–Trinajstić information content (AvgIpc) is 2.69. The lowest BCUT2D eigenvalue weighted by atomic mass is 10.1. The Bertz CT molecular complexity index is 447. The van der Waals surface area contributed by atoms with Crippen LogP contribution in [0.15, 0.2) is 0 Å². The van der Waals surface area contributed by atoms with Crippen LogP contribution < -0.4 is 0 Å². The molecule has 0 fully saturated rings. The van der Waals surface area contributed by atoms with E-state index in [1.165, 1.54) is 0 Å². The minimum absolute atomic E-state index is 0.0660. The van der Waals surface area contributed by atoms with E-state index in [4.69, 9.17) is 9.47 Å². The molecule has 0 radical (unpaired) electrons. The van der Waals surface area contributed by atoms with Crippen molar-refractivity contribution in [2.45, 2.75) is 123 Å². The van der Waals surface area contributed by atoms with Gasteiger partial charge in [-0.05, 0) is 32.1 Å². The average molecular weight is 395 g/mol. The van der Waals surface area contributed by atoms with E-state index < -0.39 is 0 Å². The molecule has 0 aromatic heterocycles. The molecule has 4 heteroatoms. The first-order chi connectivity index (χ1) is 13.6. The van der Waals surface area contributed by atoms with Crippen molar-refractivity contribution in [2.75, 3.05) is 6.61 Å². The van der Waals surface area contributed by atoms with Crippen LogP contribution in [-0.2, 0) is 19.1 Å². The largest absolute Gasteiger partial charge is 0.466 e. The summed E-state index contributed by atoms with van der Waals surface area (Å²) in [5, 5.41) is 0. The maximum atomic E-state index is 11.9. The van der Waals surface area contributed by atoms with E-state index in [0.29, 0.717) is 25.9 Å². The number of hydrogen-bond donors (Lipinski definition) is 0. The molecule has 0 saturated heterocycles. The van der Waals surface area contributed by atoms with Gasteiger partial charge in [0.1, 0.15) is 6.10 Å². The summed E-state index contributed by atoms with van der Waals surface area (Å²) in [6.45, 7) is 6.83. The Balaban J connectivity index is 3.55. The fourth-order valence-electron chi connectivity index (χ4n) is 2.77. The van der Waals surface area contributed by atoms with Gasteiger partial charge >= 0.3 is 11.9 Å². The molecule has 0 rings (SSSR count). The van der Waals surface area contributed by atoms with E-state index in [1.807, 2.05) is 6.92 Å². The maximum absolute atomic E-state index is 11.9. The minimum Gasteiger partial charge on any atom is -0.466 e. The van der Waals surface area contributed by atoms with Gasteiger partial charge in [-0.2, -0.15) is 0 Å². The van der Waals surface area contributed by atoms with Crippen LogP contribution in [0.5, 0.6) is 0 Å². The first-order valence-electron chi connectivity index (χ1n) is 11.4. The molecule has 1 atom stereocenters. The predicted molar refractivity (Wildman–Crippen MR) is 115 cm³/mol. The zero-order valence-corrected chi connectivity index (χ0v) is 18.5. The Morgan fingerprint density at radius 1 is 0.750 bits per heavy atom. The minimum atomic E-state index is -0.102. The van der Waals surface area contributed by atoms with Gasteiger partial charge in [0.05, 0.1) is 6.61 Å². The summed E-state index contributed by atoms with van der Waals surface area (Å²) in [5.74, 6) is 6.04. The number of carbonyl (C=O) groups is 2. The summed E-state index contributed by atoms with van der Waals surface area (Å²) in [6.07, 6.45) is 13.6. The molecule has 0 aliphatic heterocycles. The van der Waals surface area contributed by atoms with Crippen molar-refractivity contribution in [3.63, 3.8) is 0 Å². The first kappa shape index (κ1) is 26.5. The van der Waals surface area contributed by atoms with E-state index >= 15 is 0 Å². The standard InChI is InChI=1S/C24H42O4/c1-4-7-9-14-18-22(6-3)28-24(26)20-16-13-11-10-12-15-19-23(25)27-21-17-8-5-2/h22H,4-8,10-13,15-21H2,1-3H3. The number of carbonyl (C=O) groups excluding carboxylic acids is 2. The van der Waals surface area contributed by atoms with Gasteiger partial charge in [0, 0.05) is 25.7 Å². The van der Waals surface area contributed by atoms with Crippen LogP contribution in [0.3, 0.4) is 0 Å². The van der Waals surface area contributed by atoms with Crippen molar-refractivity contribution in [2.24, 2.45) is 0 Å². The molecular weight excluding hydrogens is 352 g/mol. The number of hydrogen-bond acceptors (Lipinski definition) is 4. The van der Waals surface area contributed by atoms with E-state index in [0.717, 1.165) is 77.0 Å². The van der Waals surface area contributed by atoms with Crippen molar-refractivity contribution in [3.8, 4) is 11.8 Å². The molecule has 0 bridgehead atoms. The second-order valence-electron chi connectivity index (χ2n) is 7.38. The molecular formula is C24H42O4. The van der Waals surface area contributed by atoms with Crippen molar-refractivity contribution in [1.29, 1.82) is 0 Å². The monoisotopic (exact) mass is 394 g/mol. The molecule has 0 amide bonds. The van der Waals surface area contributed by atoms with Gasteiger partial charge in [-0.3, -0.25) is 9.59 Å². The second kappa shape index (κ2) is 20.2. The topological polar surface area (TPSA) is 52.6 Å². The molecule has 0 aromatic rings. The Labute approximate surface area is 173 Å². The lowest BCUT2D eigenvalue weighted by molar-refractivity contribution is -0.149. The quantitative estimate of drug-likeness (QED) is 0.164. The Morgan fingerprint density at radius 3 is 2.00 bits per heavy atom. The van der Waals surface area contributed by atoms with Crippen LogP contribution in [0.4, 0.5) is 0 Å². The number of ether oxygens (including phenoxy) is 2. The highest BCUT2D eigenvalue weighted by Gasteiger charge is 2.11. The molecule has 1 unspecified atom stereocenters. The summed E-state index contributed by atoms with van der Waals surface area (Å²) < 4.78 is 10.7. The molecule has 0 heterocycles. The summed E-state index contributed by atoms with van der Waals surface area (Å²) in [7, 11) is 0. The predicted octanol–water partition coefficient (Wildman–Crippen LogP) is 6.36. The molecule has 4 nitrogen and oxygen atoms in total. The highest BCUT2D eigenvalue weighted by Crippen LogP contribution is 2.11. The normalized spacial score (nSPS) is 11.4. The van der Waals surface area contributed by atoms with Gasteiger partial charge in [0.25, 0.3) is 0 Å². The lowest BCUT2D eigenvalue weighted by Crippen LogP contribution is -2.16. The number of unbranched alkanes of at least 4 members (excludes halogenated alkanes) is 8. The summed E-state index contributed by atoms with van der Waals surface area (Å²) in [4.78, 5) is 23.5. The third-order valence-electron chi connectivity index (χ3n) is 4.61. The number of esters is 2. The van der Waals surface area contributed by atoms with Crippen LogP contribution in [0.25, 0.3) is 0 Å². The van der Waals surface area contributed by atoms with Crippen LogP contribution in [0.2, 0.25) is 0 Å². The zero-order valence-electron chi connectivity index (χ0n) is 18.5. The summed E-state index contributed by atoms with van der Waals surface area (Å²) in [5.41, 5.74) is 0. The molecule has 0 aliphatic rings. The van der Waals surface area contributed by atoms with Crippen molar-refractivity contribution < 1.29 is 19.1 Å². The van der Waals surface area contributed by atoms with Gasteiger partial charge in [-0.1, -0.05) is 65.2 Å². The second-order valence-corrected chi connectivity index (χ2v) is 7.38. The van der Waals surface area contributed by atoms with Crippen LogP contribution >= 0.6 is 0 Å². The summed E-state index contributed by atoms with van der Waals surface area (Å²) >= 11 is 0. The molecule has 0 saturated carbocycles. The first-order valence-corrected chi connectivity index (χ1v) is 11.4. The van der Waals surface area contributed by atoms with E-state index in [9.17, 15) is 9.59 Å². The van der Waals surface area contributed by atoms with Crippen LogP contribution in [0.1, 0.15) is 117 Å². The van der Waals surface area contributed by atoms with Crippen molar-refractivity contribution in [3.05, 3.63) is 0 Å². The molecule has 28 heavy (non-hydrogen) atoms. The molecule has 0 N–H and O–H groups in total. The van der Waals surface area contributed by atoms with Crippen molar-refractivity contribution >= 4 is 11.9 Å². The van der Waals surface area contributed by atoms with E-state index in [1.54, 1.807) is 0 Å². The van der Waals surface area contributed by atoms with Gasteiger partial charge in [0.2, 0.25) is 0 Å². The Kier molecular flexibility index (Phi) is 19.2. The molecule has 0 spiro atoms. The van der Waals surface area contributed by atoms with Gasteiger partial charge in [-0.25, -0.2) is 0 Å². The highest BCUT2D eigenvalue weighted by atomic mass is 16.5. The third kappa shape index (κ3) is 17.9. The number of rotatable bonds is 17. The smallest absolute Gasteiger partial charge is 0.306 e. The highest BCUT2D eigenvalue weighted by molar-refractivity contribution is 5.69. The van der Waals surface area contributed by atoms with Crippen molar-refractivity contribution in [1.82, 2.24) is 0 Å². The van der Waals surface area contributed by atoms with Gasteiger partial charge in [-0.15, -0.1) is 5.92 Å². The van der Waals surface area contributed by atoms with E-state index in [2.05, 4.69) is 25.7 Å². The van der Waals surface area contributed by atoms with E-state index in [-0.39, 0.29) is 18.0 Å². The Morgan fingerprint density at radius 2 is 1.39 bits per heavy atom. The maximum Gasteiger partial charge on any atom is 0.306 e.